The van der Waals surface area contributed by atoms with Crippen molar-refractivity contribution in [1.29, 1.82) is 0 Å². The van der Waals surface area contributed by atoms with E-state index in [4.69, 9.17) is 4.52 Å². The summed E-state index contributed by atoms with van der Waals surface area (Å²) in [6.07, 6.45) is 19.2. The first kappa shape index (κ1) is 18.0. The van der Waals surface area contributed by atoms with Crippen molar-refractivity contribution in [3.05, 3.63) is 0 Å². The first-order valence-electron chi connectivity index (χ1n) is 10.5. The zero-order valence-corrected chi connectivity index (χ0v) is 16.1. The molecule has 3 heteroatoms. The number of rotatable bonds is 7. The summed E-state index contributed by atoms with van der Waals surface area (Å²) in [5, 5.41) is 0. The average Bonchev–Trinajstić information content (AvgIpc) is 2.58. The van der Waals surface area contributed by atoms with Crippen molar-refractivity contribution in [1.82, 2.24) is 0 Å². The highest BCUT2D eigenvalue weighted by atomic mass is 31.2. The maximum atomic E-state index is 13.7. The fraction of sp³-hybridized carbons (Fsp3) is 1.00. The topological polar surface area (TPSA) is 26.3 Å². The van der Waals surface area contributed by atoms with Gasteiger partial charge in [-0.05, 0) is 43.9 Å². The van der Waals surface area contributed by atoms with Gasteiger partial charge in [-0.3, -0.25) is 4.57 Å². The molecule has 134 valence electrons. The lowest BCUT2D eigenvalue weighted by Gasteiger charge is -2.51. The van der Waals surface area contributed by atoms with Crippen LogP contribution in [0.25, 0.3) is 0 Å². The zero-order valence-electron chi connectivity index (χ0n) is 15.2. The lowest BCUT2D eigenvalue weighted by Crippen LogP contribution is -2.45. The van der Waals surface area contributed by atoms with E-state index in [9.17, 15) is 4.57 Å². The summed E-state index contributed by atoms with van der Waals surface area (Å²) in [6.45, 7) is 2.26. The predicted octanol–water partition coefficient (Wildman–Crippen LogP) is 6.77. The summed E-state index contributed by atoms with van der Waals surface area (Å²) in [5.41, 5.74) is 0.422. The third-order valence-corrected chi connectivity index (χ3v) is 9.95. The summed E-state index contributed by atoms with van der Waals surface area (Å²) < 4.78 is 20.2. The Morgan fingerprint density at radius 2 is 1.48 bits per heavy atom. The van der Waals surface area contributed by atoms with Crippen molar-refractivity contribution < 1.29 is 9.09 Å². The van der Waals surface area contributed by atoms with E-state index in [-0.39, 0.29) is 0 Å². The summed E-state index contributed by atoms with van der Waals surface area (Å²) >= 11 is 0. The third-order valence-electron chi connectivity index (χ3n) is 6.73. The molecule has 2 nitrogen and oxygen atoms in total. The lowest BCUT2D eigenvalue weighted by atomic mass is 9.71. The van der Waals surface area contributed by atoms with Crippen molar-refractivity contribution in [2.75, 3.05) is 6.16 Å². The van der Waals surface area contributed by atoms with E-state index < -0.39 is 7.37 Å². The molecule has 0 bridgehead atoms. The molecule has 0 aromatic rings. The maximum Gasteiger partial charge on any atom is 0.206 e. The molecule has 0 aromatic carbocycles. The summed E-state index contributed by atoms with van der Waals surface area (Å²) in [6, 6.07) is 0. The predicted molar refractivity (Wildman–Crippen MR) is 98.4 cm³/mol. The molecule has 1 aliphatic heterocycles. The second kappa shape index (κ2) is 8.52. The standard InChI is InChI=1S/C20H37O2P/c1-2-3-4-5-6-11-16-23(21)20-15-10-8-13-18(20)17-12-7-9-14-19(17)22-23/h17-20H,2-16H2,1H3. The Morgan fingerprint density at radius 1 is 0.826 bits per heavy atom. The molecule has 3 fully saturated rings. The minimum atomic E-state index is -2.39. The van der Waals surface area contributed by atoms with Crippen LogP contribution in [-0.4, -0.2) is 17.9 Å². The first-order valence-corrected chi connectivity index (χ1v) is 12.4. The monoisotopic (exact) mass is 340 g/mol. The van der Waals surface area contributed by atoms with E-state index in [1.807, 2.05) is 0 Å². The molecular formula is C20H37O2P. The number of fused-ring (bicyclic) bond motifs is 3. The van der Waals surface area contributed by atoms with Crippen molar-refractivity contribution in [2.24, 2.45) is 11.8 Å². The van der Waals surface area contributed by atoms with Gasteiger partial charge in [0, 0.05) is 11.8 Å². The van der Waals surface area contributed by atoms with Gasteiger partial charge in [-0.2, -0.15) is 0 Å². The number of hydrogen-bond acceptors (Lipinski definition) is 2. The van der Waals surface area contributed by atoms with Gasteiger partial charge in [0.05, 0.1) is 6.10 Å². The molecular weight excluding hydrogens is 303 g/mol. The van der Waals surface area contributed by atoms with Crippen LogP contribution in [0.4, 0.5) is 0 Å². The first-order chi connectivity index (χ1) is 11.2. The van der Waals surface area contributed by atoms with Gasteiger partial charge in [0.25, 0.3) is 0 Å². The highest BCUT2D eigenvalue weighted by Gasteiger charge is 2.51. The zero-order chi connectivity index (χ0) is 16.1. The normalized spacial score (nSPS) is 40.4. The van der Waals surface area contributed by atoms with Crippen LogP contribution >= 0.6 is 7.37 Å². The molecule has 1 heterocycles. The van der Waals surface area contributed by atoms with Crippen LogP contribution in [0, 0.1) is 11.8 Å². The molecule has 3 aliphatic rings. The molecule has 2 saturated carbocycles. The van der Waals surface area contributed by atoms with Gasteiger partial charge in [-0.25, -0.2) is 0 Å². The van der Waals surface area contributed by atoms with Gasteiger partial charge in [0.15, 0.2) is 0 Å². The summed E-state index contributed by atoms with van der Waals surface area (Å²) in [5.74, 6) is 1.47. The quantitative estimate of drug-likeness (QED) is 0.377. The molecule has 23 heavy (non-hydrogen) atoms. The molecule has 0 aromatic heterocycles. The molecule has 0 N–H and O–H groups in total. The molecule has 5 unspecified atom stereocenters. The molecule has 0 spiro atoms. The van der Waals surface area contributed by atoms with E-state index >= 15 is 0 Å². The second-order valence-corrected chi connectivity index (χ2v) is 11.1. The largest absolute Gasteiger partial charge is 0.325 e. The van der Waals surface area contributed by atoms with Crippen LogP contribution in [0.2, 0.25) is 0 Å². The number of unbranched alkanes of at least 4 members (excludes halogenated alkanes) is 5. The number of hydrogen-bond donors (Lipinski definition) is 0. The van der Waals surface area contributed by atoms with E-state index in [0.717, 1.165) is 24.4 Å². The van der Waals surface area contributed by atoms with Crippen LogP contribution in [-0.2, 0) is 9.09 Å². The molecule has 0 radical (unpaired) electrons. The minimum Gasteiger partial charge on any atom is -0.325 e. The Morgan fingerprint density at radius 3 is 2.30 bits per heavy atom. The van der Waals surface area contributed by atoms with E-state index in [1.165, 1.54) is 83.5 Å². The molecule has 0 amide bonds. The Balaban J connectivity index is 1.59. The fourth-order valence-corrected chi connectivity index (χ4v) is 9.02. The Labute approximate surface area is 143 Å². The van der Waals surface area contributed by atoms with Crippen molar-refractivity contribution >= 4 is 7.37 Å². The molecule has 2 aliphatic carbocycles. The van der Waals surface area contributed by atoms with Gasteiger partial charge in [0.1, 0.15) is 0 Å². The smallest absolute Gasteiger partial charge is 0.206 e. The van der Waals surface area contributed by atoms with Gasteiger partial charge in [0.2, 0.25) is 7.37 Å². The molecule has 1 saturated heterocycles. The highest BCUT2D eigenvalue weighted by molar-refractivity contribution is 7.59. The third kappa shape index (κ3) is 4.24. The Kier molecular flexibility index (Phi) is 6.67. The second-order valence-electron chi connectivity index (χ2n) is 8.33. The van der Waals surface area contributed by atoms with Crippen LogP contribution in [0.3, 0.4) is 0 Å². The fourth-order valence-electron chi connectivity index (χ4n) is 5.51. The summed E-state index contributed by atoms with van der Waals surface area (Å²) in [7, 11) is -2.39. The van der Waals surface area contributed by atoms with Gasteiger partial charge >= 0.3 is 0 Å². The minimum absolute atomic E-state index is 0.342. The van der Waals surface area contributed by atoms with Crippen LogP contribution in [0.15, 0.2) is 0 Å². The highest BCUT2D eigenvalue weighted by Crippen LogP contribution is 2.66. The Hall–Kier alpha value is 0.190. The van der Waals surface area contributed by atoms with E-state index in [0.29, 0.717) is 11.8 Å². The average molecular weight is 340 g/mol. The van der Waals surface area contributed by atoms with Crippen LogP contribution < -0.4 is 0 Å². The van der Waals surface area contributed by atoms with E-state index in [1.54, 1.807) is 0 Å². The van der Waals surface area contributed by atoms with Crippen molar-refractivity contribution in [2.45, 2.75) is 109 Å². The molecule has 3 rings (SSSR count). The van der Waals surface area contributed by atoms with Gasteiger partial charge in [-0.15, -0.1) is 0 Å². The SMILES string of the molecule is CCCCCCCCP1(=O)OC2CCCCC2C2CCCCC21. The van der Waals surface area contributed by atoms with E-state index in [2.05, 4.69) is 6.92 Å². The van der Waals surface area contributed by atoms with Gasteiger partial charge in [-0.1, -0.05) is 64.7 Å². The van der Waals surface area contributed by atoms with Gasteiger partial charge < -0.3 is 4.52 Å². The Bertz CT molecular complexity index is 408. The van der Waals surface area contributed by atoms with Crippen LogP contribution in [0.1, 0.15) is 96.8 Å². The van der Waals surface area contributed by atoms with Crippen LogP contribution in [0.5, 0.6) is 0 Å². The van der Waals surface area contributed by atoms with Crippen molar-refractivity contribution in [3.63, 3.8) is 0 Å². The summed E-state index contributed by atoms with van der Waals surface area (Å²) in [4.78, 5) is 0. The molecule has 5 atom stereocenters. The lowest BCUT2D eigenvalue weighted by molar-refractivity contribution is 0.0172. The maximum absolute atomic E-state index is 13.7. The van der Waals surface area contributed by atoms with Crippen molar-refractivity contribution in [3.8, 4) is 0 Å².